The van der Waals surface area contributed by atoms with Crippen molar-refractivity contribution >= 4 is 83.4 Å². The van der Waals surface area contributed by atoms with Crippen LogP contribution in [0.5, 0.6) is 0 Å². The van der Waals surface area contributed by atoms with Gasteiger partial charge in [-0.05, 0) is 0 Å². The molecule has 0 spiro atoms. The maximum absolute atomic E-state index is 0. The molecule has 0 aliphatic heterocycles. The van der Waals surface area contributed by atoms with Crippen molar-refractivity contribution in [2.24, 2.45) is 0 Å². The van der Waals surface area contributed by atoms with Gasteiger partial charge in [0.25, 0.3) is 0 Å². The van der Waals surface area contributed by atoms with Crippen LogP contribution in [0.2, 0.25) is 0 Å². The largest absolute Gasteiger partial charge is 3.00 e. The SMILES string of the molecule is [Ca+2].[Ga+3].[In+3].[O-2].[O-2].[O-2].[O-2].[O-2].[Zn+2]. The molecule has 0 aromatic carbocycles. The third-order valence-electron chi connectivity index (χ3n) is 0. The van der Waals surface area contributed by atoms with E-state index in [2.05, 4.69) is 0 Å². The molecule has 0 aromatic rings. The minimum atomic E-state index is 0. The van der Waals surface area contributed by atoms with Gasteiger partial charge in [-0.3, -0.25) is 0 Å². The minimum Gasteiger partial charge on any atom is -2.00 e. The molecule has 0 rings (SSSR count). The van der Waals surface area contributed by atoms with E-state index >= 15 is 0 Å². The summed E-state index contributed by atoms with van der Waals surface area (Å²) in [4.78, 5) is 0. The molecule has 0 heterocycles. The van der Waals surface area contributed by atoms with Gasteiger partial charge in [-0.25, -0.2) is 0 Å². The molecule has 0 radical (unpaired) electrons. The molecule has 0 saturated heterocycles. The van der Waals surface area contributed by atoms with E-state index in [0.717, 1.165) is 0 Å². The van der Waals surface area contributed by atoms with Crippen LogP contribution in [-0.4, -0.2) is 83.4 Å². The second-order valence-electron chi connectivity index (χ2n) is 0. The molecule has 0 unspecified atom stereocenters. The van der Waals surface area contributed by atoms with Crippen LogP contribution in [0.4, 0.5) is 0 Å². The average molecular weight is 370 g/mol. The monoisotopic (exact) mass is 368 g/mol. The van der Waals surface area contributed by atoms with Gasteiger partial charge >= 0.3 is 103 Å². The molecule has 9 heteroatoms. The van der Waals surface area contributed by atoms with Crippen LogP contribution in [0.25, 0.3) is 0 Å². The molecule has 0 aromatic heterocycles. The zero-order valence-electron chi connectivity index (χ0n) is 4.61. The Morgan fingerprint density at radius 2 is 0.556 bits per heavy atom. The van der Waals surface area contributed by atoms with Gasteiger partial charge in [0.05, 0.1) is 0 Å². The Labute approximate surface area is 128 Å². The summed E-state index contributed by atoms with van der Waals surface area (Å²) in [5.41, 5.74) is 0. The summed E-state index contributed by atoms with van der Waals surface area (Å²) in [5.74, 6) is 0. The van der Waals surface area contributed by atoms with Crippen LogP contribution in [-0.2, 0) is 46.9 Å². The molecule has 0 aliphatic carbocycles. The summed E-state index contributed by atoms with van der Waals surface area (Å²) >= 11 is 0. The topological polar surface area (TPSA) is 142 Å². The predicted octanol–water partition coefficient (Wildman–Crippen LogP) is -1.74. The van der Waals surface area contributed by atoms with E-state index in [1.807, 2.05) is 0 Å². The van der Waals surface area contributed by atoms with E-state index in [9.17, 15) is 0 Å². The third-order valence-corrected chi connectivity index (χ3v) is 0. The predicted molar refractivity (Wildman–Crippen MR) is 20.7 cm³/mol. The Hall–Kier alpha value is 3.19. The molecule has 5 nitrogen and oxygen atoms in total. The molecule has 9 heavy (non-hydrogen) atoms. The van der Waals surface area contributed by atoms with Crippen LogP contribution >= 0.6 is 0 Å². The molecular formula is CaGaInO5Zn. The first kappa shape index (κ1) is 150. The molecule has 0 atom stereocenters. The zero-order chi connectivity index (χ0) is 0. The summed E-state index contributed by atoms with van der Waals surface area (Å²) < 4.78 is 0. The third kappa shape index (κ3) is 92.9. The minimum absolute atomic E-state index is 0. The van der Waals surface area contributed by atoms with Crippen molar-refractivity contribution in [1.29, 1.82) is 0 Å². The van der Waals surface area contributed by atoms with E-state index in [4.69, 9.17) is 0 Å². The maximum Gasteiger partial charge on any atom is 3.00 e. The first-order chi connectivity index (χ1) is 0. The van der Waals surface area contributed by atoms with Crippen LogP contribution in [0.15, 0.2) is 0 Å². The second kappa shape index (κ2) is 114. The van der Waals surface area contributed by atoms with Crippen molar-refractivity contribution < 1.29 is 46.9 Å². The fourth-order valence-corrected chi connectivity index (χ4v) is 0. The standard InChI is InChI=1S/Ca.Ga.In.5O.Zn/q+2;2*+3;5*-2;+2. The normalized spacial score (nSPS) is 0. The van der Waals surface area contributed by atoms with E-state index in [1.165, 1.54) is 0 Å². The van der Waals surface area contributed by atoms with Crippen LogP contribution in [0, 0.1) is 0 Å². The molecule has 0 fully saturated rings. The zero-order valence-corrected chi connectivity index (χ0v) is 15.5. The van der Waals surface area contributed by atoms with Gasteiger partial charge in [-0.2, -0.15) is 0 Å². The van der Waals surface area contributed by atoms with Crippen LogP contribution in [0.3, 0.4) is 0 Å². The fourth-order valence-electron chi connectivity index (χ4n) is 0. The average Bonchev–Trinajstić information content (AvgIpc) is 0. The van der Waals surface area contributed by atoms with E-state index in [0.29, 0.717) is 0 Å². The van der Waals surface area contributed by atoms with Crippen molar-refractivity contribution in [3.05, 3.63) is 0 Å². The van der Waals surface area contributed by atoms with Crippen LogP contribution in [0.1, 0.15) is 0 Å². The molecule has 40 valence electrons. The van der Waals surface area contributed by atoms with Gasteiger partial charge in [0.1, 0.15) is 0 Å². The summed E-state index contributed by atoms with van der Waals surface area (Å²) in [5, 5.41) is 0. The summed E-state index contributed by atoms with van der Waals surface area (Å²) in [7, 11) is 0. The van der Waals surface area contributed by atoms with Crippen LogP contribution < -0.4 is 0 Å². The van der Waals surface area contributed by atoms with Gasteiger partial charge in [0.2, 0.25) is 0 Å². The molecule has 0 bridgehead atoms. The fraction of sp³-hybridized carbons (Fsp3) is 0. The van der Waals surface area contributed by atoms with Crippen molar-refractivity contribution in [3.63, 3.8) is 0 Å². The summed E-state index contributed by atoms with van der Waals surface area (Å²) in [6.07, 6.45) is 0. The molecule has 0 aliphatic rings. The number of hydrogen-bond acceptors (Lipinski definition) is 0. The van der Waals surface area contributed by atoms with Gasteiger partial charge in [-0.15, -0.1) is 0 Å². The molecule has 0 amide bonds. The smallest absolute Gasteiger partial charge is 2.00 e. The molecule has 0 N–H and O–H groups in total. The Morgan fingerprint density at radius 3 is 0.556 bits per heavy atom. The van der Waals surface area contributed by atoms with Crippen molar-refractivity contribution in [1.82, 2.24) is 0 Å². The molecule has 0 saturated carbocycles. The summed E-state index contributed by atoms with van der Waals surface area (Å²) in [6, 6.07) is 0. The van der Waals surface area contributed by atoms with E-state index in [-0.39, 0.29) is 130 Å². The van der Waals surface area contributed by atoms with Gasteiger partial charge in [0.15, 0.2) is 0 Å². The first-order valence-corrected chi connectivity index (χ1v) is 0. The number of hydrogen-bond donors (Lipinski definition) is 0. The first-order valence-electron chi connectivity index (χ1n) is 0. The van der Waals surface area contributed by atoms with Gasteiger partial charge in [0, 0.05) is 0 Å². The van der Waals surface area contributed by atoms with Gasteiger partial charge < -0.3 is 27.4 Å². The maximum atomic E-state index is 0. The summed E-state index contributed by atoms with van der Waals surface area (Å²) in [6.45, 7) is 0. The Morgan fingerprint density at radius 1 is 0.556 bits per heavy atom. The van der Waals surface area contributed by atoms with Crippen molar-refractivity contribution in [3.8, 4) is 0 Å². The number of rotatable bonds is 0. The Bertz CT molecular complexity index is 16.9. The van der Waals surface area contributed by atoms with E-state index in [1.54, 1.807) is 0 Å². The Kier molecular flexibility index (Phi) is 1900. The van der Waals surface area contributed by atoms with Gasteiger partial charge in [-0.1, -0.05) is 0 Å². The Balaban J connectivity index is 0. The van der Waals surface area contributed by atoms with Crippen molar-refractivity contribution in [2.45, 2.75) is 0 Å². The molecular weight excluding hydrogens is 370 g/mol. The quantitative estimate of drug-likeness (QED) is 0.447. The van der Waals surface area contributed by atoms with Crippen molar-refractivity contribution in [2.75, 3.05) is 0 Å². The second-order valence-corrected chi connectivity index (χ2v) is 0. The van der Waals surface area contributed by atoms with E-state index < -0.39 is 0 Å².